The van der Waals surface area contributed by atoms with Crippen LogP contribution in [0.1, 0.15) is 31.4 Å². The minimum atomic E-state index is -0.945. The van der Waals surface area contributed by atoms with Crippen LogP contribution in [0.5, 0.6) is 0 Å². The molecule has 0 amide bonds. The first-order chi connectivity index (χ1) is 8.83. The number of nitrogens with one attached hydrogen (secondary N) is 1. The highest BCUT2D eigenvalue weighted by Crippen LogP contribution is 2.22. The summed E-state index contributed by atoms with van der Waals surface area (Å²) < 4.78 is 0. The number of carbonyl (C=O) groups is 1. The molecule has 1 rings (SSSR count). The molecule has 0 saturated carbocycles. The lowest BCUT2D eigenvalue weighted by Crippen LogP contribution is -2.37. The van der Waals surface area contributed by atoms with Crippen LogP contribution in [0.3, 0.4) is 0 Å². The summed E-state index contributed by atoms with van der Waals surface area (Å²) in [4.78, 5) is 10.6. The Labute approximate surface area is 115 Å². The van der Waals surface area contributed by atoms with E-state index in [1.807, 2.05) is 0 Å². The highest BCUT2D eigenvalue weighted by atomic mass is 16.4. The fraction of sp³-hybridized carbons (Fsp3) is 0.533. The second kappa shape index (κ2) is 6.68. The molecule has 0 saturated heterocycles. The zero-order chi connectivity index (χ0) is 14.5. The first kappa shape index (κ1) is 15.7. The van der Waals surface area contributed by atoms with E-state index in [4.69, 9.17) is 10.8 Å². The Balaban J connectivity index is 2.43. The van der Waals surface area contributed by atoms with Gasteiger partial charge < -0.3 is 16.2 Å². The van der Waals surface area contributed by atoms with Crippen LogP contribution in [0.25, 0.3) is 0 Å². The van der Waals surface area contributed by atoms with Gasteiger partial charge in [0.1, 0.15) is 6.04 Å². The normalized spacial score (nSPS) is 13.3. The third-order valence-electron chi connectivity index (χ3n) is 3.35. The van der Waals surface area contributed by atoms with E-state index in [1.165, 1.54) is 11.1 Å². The van der Waals surface area contributed by atoms with Crippen molar-refractivity contribution in [3.63, 3.8) is 0 Å². The predicted octanol–water partition coefficient (Wildman–Crippen LogP) is 1.66. The Hall–Kier alpha value is -1.39. The maximum Gasteiger partial charge on any atom is 0.320 e. The van der Waals surface area contributed by atoms with Gasteiger partial charge in [0.05, 0.1) is 0 Å². The Bertz CT molecular complexity index is 413. The molecule has 0 heterocycles. The van der Waals surface area contributed by atoms with Gasteiger partial charge >= 0.3 is 5.97 Å². The average Bonchev–Trinajstić information content (AvgIpc) is 2.34. The van der Waals surface area contributed by atoms with E-state index in [0.717, 1.165) is 6.54 Å². The topological polar surface area (TPSA) is 75.3 Å². The van der Waals surface area contributed by atoms with Gasteiger partial charge in [-0.3, -0.25) is 4.79 Å². The van der Waals surface area contributed by atoms with Crippen molar-refractivity contribution in [3.8, 4) is 0 Å². The molecule has 106 valence electrons. The van der Waals surface area contributed by atoms with Crippen molar-refractivity contribution >= 4 is 5.97 Å². The number of carboxylic acids is 1. The number of carboxylic acid groups (broad SMARTS) is 1. The Morgan fingerprint density at radius 3 is 2.47 bits per heavy atom. The first-order valence-corrected chi connectivity index (χ1v) is 6.59. The maximum absolute atomic E-state index is 10.6. The Morgan fingerprint density at radius 1 is 1.37 bits per heavy atom. The first-order valence-electron chi connectivity index (χ1n) is 6.59. The number of nitrogens with two attached hydrogens (primary N) is 1. The third-order valence-corrected chi connectivity index (χ3v) is 3.35. The molecule has 4 heteroatoms. The van der Waals surface area contributed by atoms with E-state index in [-0.39, 0.29) is 5.41 Å². The van der Waals surface area contributed by atoms with Crippen molar-refractivity contribution in [2.45, 2.75) is 38.6 Å². The van der Waals surface area contributed by atoms with Gasteiger partial charge in [-0.25, -0.2) is 0 Å². The quantitative estimate of drug-likeness (QED) is 0.655. The van der Waals surface area contributed by atoms with Crippen molar-refractivity contribution in [1.82, 2.24) is 5.32 Å². The van der Waals surface area contributed by atoms with E-state index >= 15 is 0 Å². The highest BCUT2D eigenvalue weighted by Gasteiger charge is 2.20. The summed E-state index contributed by atoms with van der Waals surface area (Å²) in [5, 5.41) is 12.0. The van der Waals surface area contributed by atoms with Crippen LogP contribution in [0, 0.1) is 6.92 Å². The van der Waals surface area contributed by atoms with E-state index in [2.05, 4.69) is 50.4 Å². The minimum absolute atomic E-state index is 0.0149. The molecule has 0 aliphatic rings. The summed E-state index contributed by atoms with van der Waals surface area (Å²) in [5.74, 6) is -0.945. The molecule has 0 aliphatic carbocycles. The van der Waals surface area contributed by atoms with Crippen LogP contribution in [-0.4, -0.2) is 30.2 Å². The van der Waals surface area contributed by atoms with Gasteiger partial charge in [0.15, 0.2) is 0 Å². The van der Waals surface area contributed by atoms with Gasteiger partial charge in [-0.15, -0.1) is 0 Å². The van der Waals surface area contributed by atoms with Gasteiger partial charge in [-0.2, -0.15) is 0 Å². The summed E-state index contributed by atoms with van der Waals surface area (Å²) in [6, 6.07) is 7.71. The zero-order valence-corrected chi connectivity index (χ0v) is 11.9. The molecule has 19 heavy (non-hydrogen) atoms. The third kappa shape index (κ3) is 5.01. The van der Waals surface area contributed by atoms with Crippen LogP contribution in [0.15, 0.2) is 24.3 Å². The summed E-state index contributed by atoms with van der Waals surface area (Å²) in [5.41, 5.74) is 7.99. The van der Waals surface area contributed by atoms with Gasteiger partial charge in [0, 0.05) is 12.0 Å². The van der Waals surface area contributed by atoms with Crippen LogP contribution < -0.4 is 11.1 Å². The largest absolute Gasteiger partial charge is 0.480 e. The number of hydrogen-bond donors (Lipinski definition) is 3. The molecule has 0 bridgehead atoms. The van der Waals surface area contributed by atoms with E-state index in [0.29, 0.717) is 13.0 Å². The second-order valence-corrected chi connectivity index (χ2v) is 5.66. The molecular weight excluding hydrogens is 240 g/mol. The van der Waals surface area contributed by atoms with Crippen molar-refractivity contribution < 1.29 is 9.90 Å². The average molecular weight is 264 g/mol. The molecule has 0 aliphatic heterocycles. The van der Waals surface area contributed by atoms with Crippen molar-refractivity contribution in [2.75, 3.05) is 13.1 Å². The summed E-state index contributed by atoms with van der Waals surface area (Å²) >= 11 is 0. The molecule has 1 aromatic rings. The van der Waals surface area contributed by atoms with Gasteiger partial charge in [-0.1, -0.05) is 43.7 Å². The van der Waals surface area contributed by atoms with Gasteiger partial charge in [-0.05, 0) is 25.5 Å². The van der Waals surface area contributed by atoms with Gasteiger partial charge in [0.25, 0.3) is 0 Å². The van der Waals surface area contributed by atoms with E-state index < -0.39 is 12.0 Å². The molecular formula is C15H24N2O2. The fourth-order valence-corrected chi connectivity index (χ4v) is 1.89. The lowest BCUT2D eigenvalue weighted by Gasteiger charge is -2.26. The predicted molar refractivity (Wildman–Crippen MR) is 77.3 cm³/mol. The highest BCUT2D eigenvalue weighted by molar-refractivity contribution is 5.72. The standard InChI is InChI=1S/C15H24N2O2/c1-11-4-6-12(7-5-11)15(2,3)10-17-9-8-13(16)14(18)19/h4-7,13,17H,8-10,16H2,1-3H3,(H,18,19). The number of benzene rings is 1. The number of rotatable bonds is 7. The molecule has 0 radical (unpaired) electrons. The van der Waals surface area contributed by atoms with E-state index in [9.17, 15) is 4.79 Å². The molecule has 4 N–H and O–H groups in total. The van der Waals surface area contributed by atoms with Crippen molar-refractivity contribution in [3.05, 3.63) is 35.4 Å². The van der Waals surface area contributed by atoms with Crippen molar-refractivity contribution in [2.24, 2.45) is 5.73 Å². The second-order valence-electron chi connectivity index (χ2n) is 5.66. The van der Waals surface area contributed by atoms with Crippen LogP contribution in [-0.2, 0) is 10.2 Å². The molecule has 0 spiro atoms. The van der Waals surface area contributed by atoms with Crippen molar-refractivity contribution in [1.29, 1.82) is 0 Å². The van der Waals surface area contributed by atoms with E-state index in [1.54, 1.807) is 0 Å². The van der Waals surface area contributed by atoms with Crippen LogP contribution in [0.2, 0.25) is 0 Å². The van der Waals surface area contributed by atoms with Crippen LogP contribution in [0.4, 0.5) is 0 Å². The fourth-order valence-electron chi connectivity index (χ4n) is 1.89. The lowest BCUT2D eigenvalue weighted by molar-refractivity contribution is -0.138. The molecule has 1 atom stereocenters. The number of aryl methyl sites for hydroxylation is 1. The Kier molecular flexibility index (Phi) is 5.51. The summed E-state index contributed by atoms with van der Waals surface area (Å²) in [6.07, 6.45) is 0.444. The molecule has 1 aromatic carbocycles. The smallest absolute Gasteiger partial charge is 0.320 e. The maximum atomic E-state index is 10.6. The van der Waals surface area contributed by atoms with Gasteiger partial charge in [0.2, 0.25) is 0 Å². The summed E-state index contributed by atoms with van der Waals surface area (Å²) in [6.45, 7) is 7.82. The zero-order valence-electron chi connectivity index (χ0n) is 11.9. The SMILES string of the molecule is Cc1ccc(C(C)(C)CNCCC(N)C(=O)O)cc1. The lowest BCUT2D eigenvalue weighted by atomic mass is 9.84. The molecule has 4 nitrogen and oxygen atoms in total. The summed E-state index contributed by atoms with van der Waals surface area (Å²) in [7, 11) is 0. The number of hydrogen-bond acceptors (Lipinski definition) is 3. The molecule has 1 unspecified atom stereocenters. The van der Waals surface area contributed by atoms with Crippen LogP contribution >= 0.6 is 0 Å². The minimum Gasteiger partial charge on any atom is -0.480 e. The monoisotopic (exact) mass is 264 g/mol. The molecule has 0 aromatic heterocycles. The Morgan fingerprint density at radius 2 is 1.95 bits per heavy atom. The number of aliphatic carboxylic acids is 1. The molecule has 0 fully saturated rings.